The van der Waals surface area contributed by atoms with Crippen LogP contribution in [-0.4, -0.2) is 38.3 Å². The summed E-state index contributed by atoms with van der Waals surface area (Å²) in [6.45, 7) is 1.57. The van der Waals surface area contributed by atoms with Crippen molar-refractivity contribution in [1.82, 2.24) is 4.31 Å². The van der Waals surface area contributed by atoms with Crippen LogP contribution in [0, 0.1) is 0 Å². The number of carbonyl (C=O) groups is 2. The predicted molar refractivity (Wildman–Crippen MR) is 97.4 cm³/mol. The smallest absolute Gasteiger partial charge is 0.328 e. The lowest BCUT2D eigenvalue weighted by Gasteiger charge is -2.33. The molecule has 1 aliphatic rings. The Morgan fingerprint density at radius 1 is 1.23 bits per heavy atom. The number of anilines is 1. The number of carbonyl (C=O) groups excluding carboxylic acids is 2. The maximum Gasteiger partial charge on any atom is 0.328 e. The van der Waals surface area contributed by atoms with E-state index in [1.54, 1.807) is 6.07 Å². The van der Waals surface area contributed by atoms with Gasteiger partial charge >= 0.3 is 5.97 Å². The average molecular weight is 394 g/mol. The third-order valence-electron chi connectivity index (χ3n) is 4.13. The van der Waals surface area contributed by atoms with Crippen molar-refractivity contribution >= 4 is 38.9 Å². The lowest BCUT2D eigenvalue weighted by molar-refractivity contribution is -0.145. The molecule has 0 fully saturated rings. The Bertz CT molecular complexity index is 934. The van der Waals surface area contributed by atoms with E-state index in [0.29, 0.717) is 17.7 Å². The minimum Gasteiger partial charge on any atom is -0.468 e. The Labute approximate surface area is 155 Å². The molecule has 1 N–H and O–H groups in total. The van der Waals surface area contributed by atoms with E-state index < -0.39 is 22.0 Å². The maximum absolute atomic E-state index is 13.1. The van der Waals surface area contributed by atoms with Crippen LogP contribution in [0.15, 0.2) is 40.6 Å². The van der Waals surface area contributed by atoms with E-state index in [9.17, 15) is 18.0 Å². The van der Waals surface area contributed by atoms with Gasteiger partial charge in [0.15, 0.2) is 0 Å². The second-order valence-corrected chi connectivity index (χ2v) is 8.69. The van der Waals surface area contributed by atoms with E-state index in [-0.39, 0.29) is 17.3 Å². The van der Waals surface area contributed by atoms with E-state index in [0.717, 1.165) is 4.88 Å². The minimum atomic E-state index is -3.91. The Morgan fingerprint density at radius 2 is 1.92 bits per heavy atom. The molecule has 2 heterocycles. The van der Waals surface area contributed by atoms with Gasteiger partial charge in [-0.05, 0) is 47.7 Å². The van der Waals surface area contributed by atoms with Crippen LogP contribution >= 0.6 is 11.3 Å². The second kappa shape index (κ2) is 7.18. The SMILES string of the molecule is COC(=O)C1c2ccsc2CCN1S(=O)(=O)c1ccc(NC(C)=O)cc1. The predicted octanol–water partition coefficient (Wildman–Crippen LogP) is 2.17. The van der Waals surface area contributed by atoms with Crippen molar-refractivity contribution in [3.63, 3.8) is 0 Å². The van der Waals surface area contributed by atoms with Crippen LogP contribution in [-0.2, 0) is 30.8 Å². The van der Waals surface area contributed by atoms with Crippen molar-refractivity contribution in [3.8, 4) is 0 Å². The number of ether oxygens (including phenoxy) is 1. The van der Waals surface area contributed by atoms with E-state index in [1.807, 2.05) is 5.38 Å². The Kier molecular flexibility index (Phi) is 5.12. The fourth-order valence-electron chi connectivity index (χ4n) is 2.96. The lowest BCUT2D eigenvalue weighted by Crippen LogP contribution is -2.43. The Hall–Kier alpha value is -2.23. The normalized spacial score (nSPS) is 17.4. The minimum absolute atomic E-state index is 0.0548. The van der Waals surface area contributed by atoms with Crippen LogP contribution in [0.5, 0.6) is 0 Å². The van der Waals surface area contributed by atoms with Gasteiger partial charge in [0.25, 0.3) is 0 Å². The number of thiophene rings is 1. The van der Waals surface area contributed by atoms with E-state index in [4.69, 9.17) is 4.74 Å². The number of sulfonamides is 1. The van der Waals surface area contributed by atoms with Crippen molar-refractivity contribution in [2.45, 2.75) is 24.3 Å². The standard InChI is InChI=1S/C17H18N2O5S2/c1-11(20)18-12-3-5-13(6-4-12)26(22,23)19-9-7-15-14(8-10-25-15)16(19)17(21)24-2/h3-6,8,10,16H,7,9H2,1-2H3,(H,18,20). The topological polar surface area (TPSA) is 92.8 Å². The first-order chi connectivity index (χ1) is 12.3. The van der Waals surface area contributed by atoms with Crippen LogP contribution < -0.4 is 5.32 Å². The van der Waals surface area contributed by atoms with Gasteiger partial charge in [-0.1, -0.05) is 0 Å². The number of fused-ring (bicyclic) bond motifs is 1. The molecule has 26 heavy (non-hydrogen) atoms. The molecular formula is C17H18N2O5S2. The highest BCUT2D eigenvalue weighted by Crippen LogP contribution is 2.37. The fourth-order valence-corrected chi connectivity index (χ4v) is 5.42. The van der Waals surface area contributed by atoms with E-state index in [2.05, 4.69) is 5.32 Å². The molecule has 0 aliphatic carbocycles. The molecule has 138 valence electrons. The zero-order valence-corrected chi connectivity index (χ0v) is 15.9. The Morgan fingerprint density at radius 3 is 2.54 bits per heavy atom. The summed E-state index contributed by atoms with van der Waals surface area (Å²) >= 11 is 1.50. The summed E-state index contributed by atoms with van der Waals surface area (Å²) in [5, 5.41) is 4.43. The summed E-state index contributed by atoms with van der Waals surface area (Å²) in [5.74, 6) is -0.852. The highest BCUT2D eigenvalue weighted by atomic mass is 32.2. The monoisotopic (exact) mass is 394 g/mol. The van der Waals surface area contributed by atoms with Crippen molar-refractivity contribution in [1.29, 1.82) is 0 Å². The molecule has 0 saturated heterocycles. The van der Waals surface area contributed by atoms with Gasteiger partial charge in [0.1, 0.15) is 6.04 Å². The third-order valence-corrected chi connectivity index (χ3v) is 7.00. The van der Waals surface area contributed by atoms with Crippen LogP contribution in [0.2, 0.25) is 0 Å². The highest BCUT2D eigenvalue weighted by Gasteiger charge is 2.41. The molecule has 9 heteroatoms. The van der Waals surface area contributed by atoms with Crippen molar-refractivity contribution in [3.05, 3.63) is 46.2 Å². The summed E-state index contributed by atoms with van der Waals surface area (Å²) in [6, 6.07) is 6.64. The number of nitrogens with zero attached hydrogens (tertiary/aromatic N) is 1. The molecule has 1 amide bonds. The van der Waals surface area contributed by atoms with Crippen LogP contribution in [0.1, 0.15) is 23.4 Å². The molecule has 0 spiro atoms. The first-order valence-corrected chi connectivity index (χ1v) is 10.2. The van der Waals surface area contributed by atoms with E-state index in [1.165, 1.54) is 53.9 Å². The number of nitrogens with one attached hydrogen (secondary N) is 1. The Balaban J connectivity index is 1.97. The molecule has 1 atom stereocenters. The van der Waals surface area contributed by atoms with Gasteiger partial charge < -0.3 is 10.1 Å². The second-order valence-electron chi connectivity index (χ2n) is 5.80. The summed E-state index contributed by atoms with van der Waals surface area (Å²) in [5.41, 5.74) is 1.17. The van der Waals surface area contributed by atoms with Crippen LogP contribution in [0.3, 0.4) is 0 Å². The molecular weight excluding hydrogens is 376 g/mol. The van der Waals surface area contributed by atoms with Gasteiger partial charge in [0, 0.05) is 24.0 Å². The number of rotatable bonds is 4. The summed E-state index contributed by atoms with van der Waals surface area (Å²) in [7, 11) is -2.66. The molecule has 2 aromatic rings. The van der Waals surface area contributed by atoms with Gasteiger partial charge in [0.05, 0.1) is 12.0 Å². The zero-order valence-electron chi connectivity index (χ0n) is 14.3. The number of amides is 1. The summed E-state index contributed by atoms with van der Waals surface area (Å²) < 4.78 is 32.3. The lowest BCUT2D eigenvalue weighted by atomic mass is 10.0. The molecule has 0 bridgehead atoms. The summed E-state index contributed by atoms with van der Waals surface area (Å²) in [4.78, 5) is 24.5. The fraction of sp³-hybridized carbons (Fsp3) is 0.294. The molecule has 1 aromatic heterocycles. The van der Waals surface area contributed by atoms with Crippen LogP contribution in [0.4, 0.5) is 5.69 Å². The van der Waals surface area contributed by atoms with Gasteiger partial charge in [-0.2, -0.15) is 4.31 Å². The van der Waals surface area contributed by atoms with Gasteiger partial charge in [-0.3, -0.25) is 4.79 Å². The number of methoxy groups -OCH3 is 1. The first-order valence-electron chi connectivity index (χ1n) is 7.88. The molecule has 0 radical (unpaired) electrons. The van der Waals surface area contributed by atoms with Gasteiger partial charge in [-0.15, -0.1) is 11.3 Å². The van der Waals surface area contributed by atoms with Crippen molar-refractivity contribution in [2.24, 2.45) is 0 Å². The number of hydrogen-bond donors (Lipinski definition) is 1. The number of esters is 1. The number of benzene rings is 1. The quantitative estimate of drug-likeness (QED) is 0.803. The van der Waals surface area contributed by atoms with Gasteiger partial charge in [-0.25, -0.2) is 13.2 Å². The molecule has 1 aromatic carbocycles. The molecule has 7 nitrogen and oxygen atoms in total. The van der Waals surface area contributed by atoms with Crippen molar-refractivity contribution < 1.29 is 22.7 Å². The van der Waals surface area contributed by atoms with Crippen molar-refractivity contribution in [2.75, 3.05) is 19.0 Å². The average Bonchev–Trinajstić information content (AvgIpc) is 3.08. The molecule has 1 aliphatic heterocycles. The zero-order chi connectivity index (χ0) is 18.9. The molecule has 3 rings (SSSR count). The molecule has 0 saturated carbocycles. The summed E-state index contributed by atoms with van der Waals surface area (Å²) in [6.07, 6.45) is 0.545. The van der Waals surface area contributed by atoms with Gasteiger partial charge in [0.2, 0.25) is 15.9 Å². The molecule has 1 unspecified atom stereocenters. The third kappa shape index (κ3) is 3.37. The maximum atomic E-state index is 13.1. The largest absolute Gasteiger partial charge is 0.468 e. The van der Waals surface area contributed by atoms with E-state index >= 15 is 0 Å². The number of hydrogen-bond acceptors (Lipinski definition) is 6. The van der Waals surface area contributed by atoms with Crippen LogP contribution in [0.25, 0.3) is 0 Å². The first kappa shape index (κ1) is 18.6. The highest BCUT2D eigenvalue weighted by molar-refractivity contribution is 7.89.